The van der Waals surface area contributed by atoms with Gasteiger partial charge in [0, 0.05) is 0 Å². The van der Waals surface area contributed by atoms with Crippen molar-refractivity contribution in [3.05, 3.63) is 17.7 Å². The largest absolute Gasteiger partial charge is 0.598 e. The van der Waals surface area contributed by atoms with Crippen LogP contribution in [0.3, 0.4) is 0 Å². The molecular formula is C4H5N3O3. The van der Waals surface area contributed by atoms with Gasteiger partial charge in [-0.15, -0.1) is 0 Å². The zero-order valence-electron chi connectivity index (χ0n) is 5.22. The minimum absolute atomic E-state index is 0.0531. The van der Waals surface area contributed by atoms with Crippen LogP contribution in [0.5, 0.6) is 6.08 Å². The van der Waals surface area contributed by atoms with Crippen LogP contribution in [-0.4, -0.2) is 16.9 Å². The standard InChI is InChI=1S/C4H5N3O3/c1-7(8)6-10-4-5-2-3-9-4/h2-3H,1H3. The normalized spacial score (nSPS) is 11.5. The van der Waals surface area contributed by atoms with Crippen molar-refractivity contribution in [2.75, 3.05) is 7.05 Å². The number of hydroxylamine groups is 1. The fraction of sp³-hybridized carbons (Fsp3) is 0.250. The molecule has 0 saturated carbocycles. The highest BCUT2D eigenvalue weighted by molar-refractivity contribution is 4.82. The number of oxazole rings is 1. The zero-order chi connectivity index (χ0) is 7.40. The molecule has 0 saturated heterocycles. The minimum atomic E-state index is -0.0531. The molecule has 54 valence electrons. The Morgan fingerprint density at radius 1 is 1.90 bits per heavy atom. The molecule has 1 rings (SSSR count). The molecule has 0 aliphatic heterocycles. The highest BCUT2D eigenvalue weighted by Crippen LogP contribution is 2.03. The number of rotatable bonds is 2. The molecule has 6 heteroatoms. The van der Waals surface area contributed by atoms with Gasteiger partial charge in [-0.3, -0.25) is 0 Å². The third-order valence-corrected chi connectivity index (χ3v) is 0.644. The van der Waals surface area contributed by atoms with E-state index in [2.05, 4.69) is 19.5 Å². The van der Waals surface area contributed by atoms with E-state index in [1.165, 1.54) is 19.5 Å². The van der Waals surface area contributed by atoms with Gasteiger partial charge in [0.25, 0.3) is 0 Å². The quantitative estimate of drug-likeness (QED) is 0.344. The van der Waals surface area contributed by atoms with Crippen molar-refractivity contribution in [1.29, 1.82) is 0 Å². The summed E-state index contributed by atoms with van der Waals surface area (Å²) in [5.74, 6) is 0. The lowest BCUT2D eigenvalue weighted by Crippen LogP contribution is -1.93. The van der Waals surface area contributed by atoms with Gasteiger partial charge in [-0.1, -0.05) is 4.86 Å². The lowest BCUT2D eigenvalue weighted by Gasteiger charge is -1.87. The smallest absolute Gasteiger partial charge is 0.425 e. The molecule has 0 unspecified atom stereocenters. The van der Waals surface area contributed by atoms with E-state index in [0.29, 0.717) is 0 Å². The number of aromatic nitrogens is 1. The second-order valence-electron chi connectivity index (χ2n) is 1.44. The molecule has 0 radical (unpaired) electrons. The van der Waals surface area contributed by atoms with Crippen LogP contribution >= 0.6 is 0 Å². The average molecular weight is 143 g/mol. The maximum Gasteiger partial charge on any atom is 0.425 e. The Balaban J connectivity index is 2.49. The summed E-state index contributed by atoms with van der Waals surface area (Å²) in [6, 6.07) is 0. The average Bonchev–Trinajstić information content (AvgIpc) is 2.34. The van der Waals surface area contributed by atoms with Crippen LogP contribution in [0.1, 0.15) is 0 Å². The molecule has 1 aromatic heterocycles. The highest BCUT2D eigenvalue weighted by Gasteiger charge is 1.96. The monoisotopic (exact) mass is 143 g/mol. The van der Waals surface area contributed by atoms with E-state index in [-0.39, 0.29) is 10.9 Å². The Labute approximate surface area is 56.3 Å². The predicted octanol–water partition coefficient (Wildman–Crippen LogP) is 0.561. The van der Waals surface area contributed by atoms with Gasteiger partial charge in [-0.05, 0) is 0 Å². The van der Waals surface area contributed by atoms with Gasteiger partial charge >= 0.3 is 6.08 Å². The first kappa shape index (κ1) is 6.53. The van der Waals surface area contributed by atoms with E-state index >= 15 is 0 Å². The molecule has 0 spiro atoms. The Bertz CT molecular complexity index is 214. The van der Waals surface area contributed by atoms with Crippen LogP contribution < -0.4 is 4.84 Å². The number of hydrogen-bond donors (Lipinski definition) is 0. The Hall–Kier alpha value is -1.59. The number of nitrogens with zero attached hydrogens (tertiary/aromatic N) is 3. The van der Waals surface area contributed by atoms with E-state index in [0.717, 1.165) is 0 Å². The van der Waals surface area contributed by atoms with Crippen LogP contribution in [0, 0.1) is 5.21 Å². The Kier molecular flexibility index (Phi) is 1.83. The first-order chi connectivity index (χ1) is 4.79. The van der Waals surface area contributed by atoms with Crippen LogP contribution in [0.15, 0.2) is 22.2 Å². The third-order valence-electron chi connectivity index (χ3n) is 0.644. The first-order valence-electron chi connectivity index (χ1n) is 2.47. The maximum absolute atomic E-state index is 10.1. The topological polar surface area (TPSA) is 73.7 Å². The van der Waals surface area contributed by atoms with E-state index in [1.54, 1.807) is 0 Å². The summed E-state index contributed by atoms with van der Waals surface area (Å²) in [4.78, 5) is 8.16. The van der Waals surface area contributed by atoms with Gasteiger partial charge < -0.3 is 9.62 Å². The SMILES string of the molecule is C[N+]([O-])=NOc1ncco1. The molecule has 1 aromatic rings. The molecular weight excluding hydrogens is 138 g/mol. The molecule has 0 amide bonds. The van der Waals surface area contributed by atoms with Crippen molar-refractivity contribution < 1.29 is 14.1 Å². The van der Waals surface area contributed by atoms with E-state index in [9.17, 15) is 5.21 Å². The highest BCUT2D eigenvalue weighted by atomic mass is 16.7. The van der Waals surface area contributed by atoms with Gasteiger partial charge in [0.15, 0.2) is 7.05 Å². The second kappa shape index (κ2) is 2.81. The predicted molar refractivity (Wildman–Crippen MR) is 29.1 cm³/mol. The maximum atomic E-state index is 10.1. The summed E-state index contributed by atoms with van der Waals surface area (Å²) in [7, 11) is 1.18. The molecule has 0 aliphatic carbocycles. The van der Waals surface area contributed by atoms with Crippen LogP contribution in [-0.2, 0) is 0 Å². The molecule has 0 aromatic carbocycles. The van der Waals surface area contributed by atoms with Crippen LogP contribution in [0.2, 0.25) is 0 Å². The zero-order valence-corrected chi connectivity index (χ0v) is 5.22. The molecule has 0 aliphatic rings. The molecule has 0 atom stereocenters. The van der Waals surface area contributed by atoms with Gasteiger partial charge in [-0.25, -0.2) is 4.84 Å². The van der Waals surface area contributed by atoms with Crippen molar-refractivity contribution in [3.63, 3.8) is 0 Å². The van der Waals surface area contributed by atoms with Gasteiger partial charge in [0.05, 0.1) is 6.20 Å². The third kappa shape index (κ3) is 1.73. The Morgan fingerprint density at radius 3 is 3.20 bits per heavy atom. The van der Waals surface area contributed by atoms with Crippen molar-refractivity contribution in [3.8, 4) is 6.08 Å². The van der Waals surface area contributed by atoms with Crippen molar-refractivity contribution in [2.24, 2.45) is 5.28 Å². The molecule has 6 nitrogen and oxygen atoms in total. The summed E-state index contributed by atoms with van der Waals surface area (Å²) in [6.07, 6.45) is 2.65. The minimum Gasteiger partial charge on any atom is -0.598 e. The summed E-state index contributed by atoms with van der Waals surface area (Å²) in [5, 5.41) is 13.1. The summed E-state index contributed by atoms with van der Waals surface area (Å²) < 4.78 is 4.59. The van der Waals surface area contributed by atoms with Gasteiger partial charge in [0.1, 0.15) is 6.26 Å². The van der Waals surface area contributed by atoms with Crippen LogP contribution in [0.25, 0.3) is 0 Å². The van der Waals surface area contributed by atoms with E-state index in [1.807, 2.05) is 0 Å². The fourth-order valence-electron chi connectivity index (χ4n) is 0.348. The molecule has 0 fully saturated rings. The second-order valence-corrected chi connectivity index (χ2v) is 1.44. The van der Waals surface area contributed by atoms with Crippen molar-refractivity contribution in [2.45, 2.75) is 0 Å². The summed E-state index contributed by atoms with van der Waals surface area (Å²) in [5.41, 5.74) is 0. The summed E-state index contributed by atoms with van der Waals surface area (Å²) >= 11 is 0. The number of hydrogen-bond acceptors (Lipinski definition) is 5. The van der Waals surface area contributed by atoms with Crippen LogP contribution in [0.4, 0.5) is 0 Å². The van der Waals surface area contributed by atoms with E-state index in [4.69, 9.17) is 0 Å². The lowest BCUT2D eigenvalue weighted by molar-refractivity contribution is -0.523. The lowest BCUT2D eigenvalue weighted by atomic mass is 11.0. The first-order valence-corrected chi connectivity index (χ1v) is 2.47. The Morgan fingerprint density at radius 2 is 2.70 bits per heavy atom. The van der Waals surface area contributed by atoms with Gasteiger partial charge in [0.2, 0.25) is 5.28 Å². The summed E-state index contributed by atoms with van der Waals surface area (Å²) in [6.45, 7) is 0. The molecule has 10 heavy (non-hydrogen) atoms. The van der Waals surface area contributed by atoms with Crippen molar-refractivity contribution in [1.82, 2.24) is 4.98 Å². The fourth-order valence-corrected chi connectivity index (χ4v) is 0.348. The molecule has 0 bridgehead atoms. The molecule has 1 heterocycles. The molecule has 0 N–H and O–H groups in total. The van der Waals surface area contributed by atoms with Crippen molar-refractivity contribution >= 4 is 0 Å². The van der Waals surface area contributed by atoms with E-state index < -0.39 is 0 Å². The van der Waals surface area contributed by atoms with Gasteiger partial charge in [-0.2, -0.15) is 4.98 Å².